The number of nitrogens with zero attached hydrogens (tertiary/aromatic N) is 3. The van der Waals surface area contributed by atoms with E-state index in [1.54, 1.807) is 18.3 Å². The highest BCUT2D eigenvalue weighted by atomic mass is 19.1. The van der Waals surface area contributed by atoms with E-state index in [9.17, 15) is 15.0 Å². The molecule has 1 atom stereocenters. The predicted molar refractivity (Wildman–Crippen MR) is 125 cm³/mol. The molecular weight excluding hydrogens is 425 g/mol. The van der Waals surface area contributed by atoms with Gasteiger partial charge in [0, 0.05) is 41.5 Å². The number of nitrogen functional groups attached to an aromatic ring is 1. The van der Waals surface area contributed by atoms with E-state index in [2.05, 4.69) is 22.2 Å². The van der Waals surface area contributed by atoms with Gasteiger partial charge in [-0.2, -0.15) is 0 Å². The smallest absolute Gasteiger partial charge is 0.413 e. The number of nitrogens with two attached hydrogens (primary N) is 1. The van der Waals surface area contributed by atoms with E-state index in [0.717, 1.165) is 34.8 Å². The van der Waals surface area contributed by atoms with Crippen LogP contribution in [0.25, 0.3) is 21.9 Å². The van der Waals surface area contributed by atoms with E-state index >= 15 is 4.39 Å². The highest BCUT2D eigenvalue weighted by molar-refractivity contribution is 5.99. The lowest BCUT2D eigenvalue weighted by Gasteiger charge is -2.38. The zero-order valence-corrected chi connectivity index (χ0v) is 18.5. The molecule has 2 aliphatic rings. The third-order valence-corrected chi connectivity index (χ3v) is 6.77. The van der Waals surface area contributed by atoms with Crippen molar-refractivity contribution in [3.05, 3.63) is 41.6 Å². The maximum Gasteiger partial charge on any atom is 0.413 e. The van der Waals surface area contributed by atoms with Crippen molar-refractivity contribution in [3.63, 3.8) is 0 Å². The van der Waals surface area contributed by atoms with Crippen LogP contribution in [-0.2, 0) is 6.42 Å². The Morgan fingerprint density at radius 3 is 2.70 bits per heavy atom. The Morgan fingerprint density at radius 1 is 1.24 bits per heavy atom. The summed E-state index contributed by atoms with van der Waals surface area (Å²) in [5.74, 6) is 0.145. The van der Waals surface area contributed by atoms with E-state index in [4.69, 9.17) is 5.73 Å². The molecule has 5 N–H and O–H groups in total. The van der Waals surface area contributed by atoms with Crippen molar-refractivity contribution in [1.29, 1.82) is 0 Å². The third-order valence-electron chi connectivity index (χ3n) is 6.77. The van der Waals surface area contributed by atoms with Crippen LogP contribution in [0.15, 0.2) is 24.5 Å². The largest absolute Gasteiger partial charge is 0.465 e. The average molecular weight is 452 g/mol. The first kappa shape index (κ1) is 21.4. The number of hydrogen-bond donors (Lipinski definition) is 4. The van der Waals surface area contributed by atoms with E-state index in [1.165, 1.54) is 6.20 Å². The van der Waals surface area contributed by atoms with Crippen molar-refractivity contribution < 1.29 is 19.4 Å². The van der Waals surface area contributed by atoms with Crippen LogP contribution in [-0.4, -0.2) is 45.0 Å². The van der Waals surface area contributed by atoms with Gasteiger partial charge in [0.1, 0.15) is 5.82 Å². The van der Waals surface area contributed by atoms with Gasteiger partial charge in [0.15, 0.2) is 5.82 Å². The molecule has 3 heterocycles. The van der Waals surface area contributed by atoms with Crippen molar-refractivity contribution >= 4 is 34.1 Å². The molecule has 33 heavy (non-hydrogen) atoms. The van der Waals surface area contributed by atoms with Crippen molar-refractivity contribution in [1.82, 2.24) is 9.97 Å². The standard InChI is InChI=1S/C24H26FN5O3/c1-11-3-19-23(29-8-11)12(2)17(9-27-19)16-4-13-5-20(28-10-18(13)22(26)21(16)25)30(24(32)33)14-6-15(31)7-14/h4-5,9-11,14-15,29,31H,3,6-8,26H2,1-2H3,(H,32,33)/t11-,14?,15?/m1/s1. The summed E-state index contributed by atoms with van der Waals surface area (Å²) >= 11 is 0. The molecule has 9 heteroatoms. The number of anilines is 3. The van der Waals surface area contributed by atoms with E-state index in [1.807, 2.05) is 6.92 Å². The Hall–Kier alpha value is -3.46. The van der Waals surface area contributed by atoms with Crippen LogP contribution in [0.5, 0.6) is 0 Å². The van der Waals surface area contributed by atoms with Crippen LogP contribution in [0.3, 0.4) is 0 Å². The van der Waals surface area contributed by atoms with Crippen molar-refractivity contribution in [2.24, 2.45) is 5.92 Å². The fraction of sp³-hybridized carbons (Fsp3) is 0.375. The van der Waals surface area contributed by atoms with Gasteiger partial charge in [-0.25, -0.2) is 14.2 Å². The number of hydrogen-bond acceptors (Lipinski definition) is 6. The van der Waals surface area contributed by atoms with Crippen LogP contribution in [0, 0.1) is 18.7 Å². The van der Waals surface area contributed by atoms with Crippen LogP contribution in [0.4, 0.5) is 26.4 Å². The molecule has 8 nitrogen and oxygen atoms in total. The van der Waals surface area contributed by atoms with Gasteiger partial charge >= 0.3 is 6.09 Å². The summed E-state index contributed by atoms with van der Waals surface area (Å²) in [6.07, 6.45) is 3.00. The molecule has 0 saturated heterocycles. The summed E-state index contributed by atoms with van der Waals surface area (Å²) in [5, 5.41) is 23.7. The number of halogens is 1. The Labute approximate surface area is 190 Å². The second-order valence-corrected chi connectivity index (χ2v) is 9.16. The Bertz CT molecular complexity index is 1270. The minimum absolute atomic E-state index is 0.0406. The van der Waals surface area contributed by atoms with E-state index in [0.29, 0.717) is 40.7 Å². The first-order valence-corrected chi connectivity index (χ1v) is 11.0. The summed E-state index contributed by atoms with van der Waals surface area (Å²) < 4.78 is 15.4. The number of nitrogens with one attached hydrogen (secondary N) is 1. The topological polar surface area (TPSA) is 125 Å². The summed E-state index contributed by atoms with van der Waals surface area (Å²) in [4.78, 5) is 21.9. The Morgan fingerprint density at radius 2 is 2.00 bits per heavy atom. The maximum atomic E-state index is 15.4. The molecule has 0 spiro atoms. The average Bonchev–Trinajstić information content (AvgIpc) is 2.75. The molecule has 0 unspecified atom stereocenters. The fourth-order valence-electron chi connectivity index (χ4n) is 4.82. The molecular formula is C24H26FN5O3. The summed E-state index contributed by atoms with van der Waals surface area (Å²) in [6, 6.07) is 2.93. The zero-order valence-electron chi connectivity index (χ0n) is 18.5. The van der Waals surface area contributed by atoms with Crippen molar-refractivity contribution in [2.75, 3.05) is 22.5 Å². The van der Waals surface area contributed by atoms with Gasteiger partial charge in [0.25, 0.3) is 0 Å². The van der Waals surface area contributed by atoms with Gasteiger partial charge in [-0.3, -0.25) is 9.88 Å². The highest BCUT2D eigenvalue weighted by Crippen LogP contribution is 2.39. The predicted octanol–water partition coefficient (Wildman–Crippen LogP) is 3.94. The summed E-state index contributed by atoms with van der Waals surface area (Å²) in [6.45, 7) is 4.92. The van der Waals surface area contributed by atoms with Crippen molar-refractivity contribution in [3.8, 4) is 11.1 Å². The SMILES string of the molecule is Cc1c(-c2cc3cc(N(C(=O)O)C4CC(O)C4)ncc3c(N)c2F)cnc2c1NC[C@H](C)C2. The number of aliphatic hydroxyl groups is 1. The van der Waals surface area contributed by atoms with Gasteiger partial charge in [0.05, 0.1) is 23.2 Å². The van der Waals surface area contributed by atoms with Crippen LogP contribution in [0.1, 0.15) is 31.0 Å². The summed E-state index contributed by atoms with van der Waals surface area (Å²) in [7, 11) is 0. The zero-order chi connectivity index (χ0) is 23.4. The molecule has 0 radical (unpaired) electrons. The number of carboxylic acid groups (broad SMARTS) is 1. The number of rotatable bonds is 3. The maximum absolute atomic E-state index is 15.4. The highest BCUT2D eigenvalue weighted by Gasteiger charge is 2.37. The van der Waals surface area contributed by atoms with Gasteiger partial charge < -0.3 is 21.3 Å². The molecule has 2 aromatic heterocycles. The number of amides is 1. The lowest BCUT2D eigenvalue weighted by atomic mass is 9.88. The van der Waals surface area contributed by atoms with Gasteiger partial charge in [0.2, 0.25) is 0 Å². The Kier molecular flexibility index (Phi) is 5.08. The minimum atomic E-state index is -1.15. The molecule has 1 aliphatic carbocycles. The number of carbonyl (C=O) groups is 1. The normalized spacial score (nSPS) is 21.8. The molecule has 1 saturated carbocycles. The monoisotopic (exact) mass is 451 g/mol. The molecule has 1 aromatic carbocycles. The second kappa shape index (κ2) is 7.84. The summed E-state index contributed by atoms with van der Waals surface area (Å²) in [5.41, 5.74) is 9.85. The molecule has 1 aliphatic heterocycles. The number of benzene rings is 1. The van der Waals surface area contributed by atoms with Gasteiger partial charge in [-0.15, -0.1) is 0 Å². The van der Waals surface area contributed by atoms with Crippen LogP contribution < -0.4 is 16.0 Å². The van der Waals surface area contributed by atoms with Crippen LogP contribution in [0.2, 0.25) is 0 Å². The minimum Gasteiger partial charge on any atom is -0.465 e. The molecule has 1 fully saturated rings. The molecule has 0 bridgehead atoms. The molecule has 5 rings (SSSR count). The molecule has 1 amide bonds. The molecule has 3 aromatic rings. The van der Waals surface area contributed by atoms with E-state index in [-0.39, 0.29) is 17.5 Å². The lowest BCUT2D eigenvalue weighted by molar-refractivity contribution is 0.0725. The number of pyridine rings is 2. The number of aromatic nitrogens is 2. The number of fused-ring (bicyclic) bond motifs is 2. The third kappa shape index (κ3) is 3.52. The van der Waals surface area contributed by atoms with Gasteiger partial charge in [-0.05, 0) is 55.2 Å². The first-order chi connectivity index (χ1) is 15.7. The van der Waals surface area contributed by atoms with E-state index < -0.39 is 18.0 Å². The quantitative estimate of drug-likeness (QED) is 0.445. The van der Waals surface area contributed by atoms with Crippen molar-refractivity contribution in [2.45, 2.75) is 45.3 Å². The first-order valence-electron chi connectivity index (χ1n) is 11.0. The molecule has 172 valence electrons. The van der Waals surface area contributed by atoms with Crippen LogP contribution >= 0.6 is 0 Å². The fourth-order valence-corrected chi connectivity index (χ4v) is 4.82. The Balaban J connectivity index is 1.62. The second-order valence-electron chi connectivity index (χ2n) is 9.16. The number of aliphatic hydroxyl groups excluding tert-OH is 1. The van der Waals surface area contributed by atoms with Gasteiger partial charge in [-0.1, -0.05) is 6.92 Å². The lowest BCUT2D eigenvalue weighted by Crippen LogP contribution is -2.50.